The maximum absolute atomic E-state index is 12.3. The highest BCUT2D eigenvalue weighted by molar-refractivity contribution is 9.10. The number of aryl methyl sites for hydroxylation is 1. The van der Waals surface area contributed by atoms with Crippen molar-refractivity contribution in [2.45, 2.75) is 26.2 Å². The molecular formula is C18H19BrN2O2S. The molecule has 1 aromatic carbocycles. The first-order valence-electron chi connectivity index (χ1n) is 7.97. The molecule has 1 aliphatic rings. The zero-order valence-corrected chi connectivity index (χ0v) is 15.8. The third-order valence-corrected chi connectivity index (χ3v) is 6.04. The summed E-state index contributed by atoms with van der Waals surface area (Å²) in [4.78, 5) is 26.3. The first kappa shape index (κ1) is 17.2. The van der Waals surface area contributed by atoms with Gasteiger partial charge in [-0.2, -0.15) is 0 Å². The Labute approximate surface area is 153 Å². The minimum Gasteiger partial charge on any atom is -0.342 e. The highest BCUT2D eigenvalue weighted by atomic mass is 79.9. The van der Waals surface area contributed by atoms with Gasteiger partial charge in [0.05, 0.1) is 17.1 Å². The van der Waals surface area contributed by atoms with E-state index in [0.717, 1.165) is 17.3 Å². The van der Waals surface area contributed by atoms with Gasteiger partial charge in [-0.05, 0) is 64.9 Å². The van der Waals surface area contributed by atoms with Crippen molar-refractivity contribution < 1.29 is 9.59 Å². The van der Waals surface area contributed by atoms with E-state index in [0.29, 0.717) is 16.5 Å². The molecule has 0 saturated heterocycles. The summed E-state index contributed by atoms with van der Waals surface area (Å²) in [7, 11) is 0. The van der Waals surface area contributed by atoms with E-state index in [-0.39, 0.29) is 18.4 Å². The van der Waals surface area contributed by atoms with Crippen LogP contribution in [0.5, 0.6) is 0 Å². The average molecular weight is 407 g/mol. The molecule has 0 bridgehead atoms. The number of benzene rings is 1. The van der Waals surface area contributed by atoms with Crippen molar-refractivity contribution in [3.8, 4) is 0 Å². The molecule has 2 amide bonds. The predicted octanol–water partition coefficient (Wildman–Crippen LogP) is 4.00. The lowest BCUT2D eigenvalue weighted by atomic mass is 9.90. The molecule has 1 heterocycles. The van der Waals surface area contributed by atoms with Crippen molar-refractivity contribution >= 4 is 44.8 Å². The fraction of sp³-hybridized carbons (Fsp3) is 0.333. The van der Waals surface area contributed by atoms with Crippen LogP contribution in [0.3, 0.4) is 0 Å². The van der Waals surface area contributed by atoms with Gasteiger partial charge in [0, 0.05) is 9.35 Å². The van der Waals surface area contributed by atoms with Crippen LogP contribution in [-0.4, -0.2) is 18.4 Å². The Morgan fingerprint density at radius 3 is 2.92 bits per heavy atom. The molecule has 2 N–H and O–H groups in total. The molecule has 1 atom stereocenters. The number of hydrogen-bond donors (Lipinski definition) is 2. The zero-order chi connectivity index (χ0) is 17.1. The maximum Gasteiger partial charge on any atom is 0.261 e. The molecule has 1 aliphatic carbocycles. The normalized spacial score (nSPS) is 16.3. The summed E-state index contributed by atoms with van der Waals surface area (Å²) in [6.07, 6.45) is 3.28. The number of nitrogens with one attached hydrogen (secondary N) is 2. The number of anilines is 1. The van der Waals surface area contributed by atoms with Gasteiger partial charge in [-0.3, -0.25) is 9.59 Å². The number of halogens is 1. The van der Waals surface area contributed by atoms with Gasteiger partial charge in [-0.25, -0.2) is 0 Å². The third-order valence-electron chi connectivity index (χ3n) is 4.11. The van der Waals surface area contributed by atoms with Crippen molar-refractivity contribution in [2.24, 2.45) is 5.92 Å². The Kier molecular flexibility index (Phi) is 5.36. The van der Waals surface area contributed by atoms with Gasteiger partial charge < -0.3 is 10.6 Å². The SMILES string of the molecule is CC1CCc2sc(C(=O)NCC(=O)Nc3ccccc3Br)cc2C1. The van der Waals surface area contributed by atoms with E-state index in [9.17, 15) is 9.59 Å². The standard InChI is InChI=1S/C18H19BrN2O2S/c1-11-6-7-15-12(8-11)9-16(24-15)18(23)20-10-17(22)21-14-5-3-2-4-13(14)19/h2-5,9,11H,6-8,10H2,1H3,(H,20,23)(H,21,22). The van der Waals surface area contributed by atoms with E-state index in [1.54, 1.807) is 17.4 Å². The van der Waals surface area contributed by atoms with Gasteiger partial charge in [0.25, 0.3) is 5.91 Å². The van der Waals surface area contributed by atoms with Gasteiger partial charge in [-0.1, -0.05) is 19.1 Å². The van der Waals surface area contributed by atoms with Gasteiger partial charge in [0.15, 0.2) is 0 Å². The second kappa shape index (κ2) is 7.49. The number of amides is 2. The molecule has 0 saturated carbocycles. The van der Waals surface area contributed by atoms with Gasteiger partial charge in [-0.15, -0.1) is 11.3 Å². The fourth-order valence-corrected chi connectivity index (χ4v) is 4.33. The molecule has 2 aromatic rings. The van der Waals surface area contributed by atoms with Crippen molar-refractivity contribution in [3.05, 3.63) is 50.1 Å². The fourth-order valence-electron chi connectivity index (χ4n) is 2.82. The summed E-state index contributed by atoms with van der Waals surface area (Å²) >= 11 is 4.93. The number of carbonyl (C=O) groups excluding carboxylic acids is 2. The summed E-state index contributed by atoms with van der Waals surface area (Å²) in [5.74, 6) is 0.257. The average Bonchev–Trinajstić information content (AvgIpc) is 2.98. The van der Waals surface area contributed by atoms with Gasteiger partial charge in [0.1, 0.15) is 0 Å². The smallest absolute Gasteiger partial charge is 0.261 e. The van der Waals surface area contributed by atoms with Crippen LogP contribution in [0, 0.1) is 5.92 Å². The lowest BCUT2D eigenvalue weighted by Gasteiger charge is -2.16. The lowest BCUT2D eigenvalue weighted by Crippen LogP contribution is -2.32. The van der Waals surface area contributed by atoms with Crippen LogP contribution in [0.2, 0.25) is 0 Å². The molecule has 24 heavy (non-hydrogen) atoms. The van der Waals surface area contributed by atoms with Crippen LogP contribution in [0.25, 0.3) is 0 Å². The number of hydrogen-bond acceptors (Lipinski definition) is 3. The van der Waals surface area contributed by atoms with Crippen LogP contribution in [-0.2, 0) is 17.6 Å². The topological polar surface area (TPSA) is 58.2 Å². The number of rotatable bonds is 4. The molecular weight excluding hydrogens is 388 g/mol. The predicted molar refractivity (Wildman–Crippen MR) is 101 cm³/mol. The third kappa shape index (κ3) is 4.05. The van der Waals surface area contributed by atoms with Crippen molar-refractivity contribution in [2.75, 3.05) is 11.9 Å². The maximum atomic E-state index is 12.3. The molecule has 3 rings (SSSR count). The number of carbonyl (C=O) groups is 2. The first-order chi connectivity index (χ1) is 11.5. The van der Waals surface area contributed by atoms with E-state index < -0.39 is 0 Å². The molecule has 6 heteroatoms. The van der Waals surface area contributed by atoms with Crippen molar-refractivity contribution in [1.82, 2.24) is 5.32 Å². The van der Waals surface area contributed by atoms with E-state index >= 15 is 0 Å². The summed E-state index contributed by atoms with van der Waals surface area (Å²) in [5, 5.41) is 5.48. The van der Waals surface area contributed by atoms with Gasteiger partial charge >= 0.3 is 0 Å². The molecule has 126 valence electrons. The minimum absolute atomic E-state index is 0.0425. The molecule has 0 aliphatic heterocycles. The Morgan fingerprint density at radius 2 is 2.12 bits per heavy atom. The number of thiophene rings is 1. The lowest BCUT2D eigenvalue weighted by molar-refractivity contribution is -0.115. The molecule has 4 nitrogen and oxygen atoms in total. The van der Waals surface area contributed by atoms with Crippen LogP contribution in [0.15, 0.2) is 34.8 Å². The first-order valence-corrected chi connectivity index (χ1v) is 9.58. The highest BCUT2D eigenvalue weighted by Crippen LogP contribution is 2.32. The van der Waals surface area contributed by atoms with Crippen LogP contribution in [0.4, 0.5) is 5.69 Å². The van der Waals surface area contributed by atoms with E-state index in [4.69, 9.17) is 0 Å². The monoisotopic (exact) mass is 406 g/mol. The molecule has 0 fully saturated rings. The Bertz CT molecular complexity index is 772. The van der Waals surface area contributed by atoms with E-state index in [1.165, 1.54) is 16.9 Å². The Balaban J connectivity index is 1.56. The van der Waals surface area contributed by atoms with E-state index in [2.05, 4.69) is 33.5 Å². The summed E-state index contributed by atoms with van der Waals surface area (Å²) in [5.41, 5.74) is 1.99. The summed E-state index contributed by atoms with van der Waals surface area (Å²) in [6, 6.07) is 9.36. The second-order valence-electron chi connectivity index (χ2n) is 6.12. The Hall–Kier alpha value is -1.66. The quantitative estimate of drug-likeness (QED) is 0.805. The minimum atomic E-state index is -0.245. The van der Waals surface area contributed by atoms with Crippen LogP contribution in [0.1, 0.15) is 33.5 Å². The van der Waals surface area contributed by atoms with Crippen LogP contribution < -0.4 is 10.6 Å². The van der Waals surface area contributed by atoms with Crippen LogP contribution >= 0.6 is 27.3 Å². The molecule has 1 unspecified atom stereocenters. The molecule has 1 aromatic heterocycles. The largest absolute Gasteiger partial charge is 0.342 e. The Morgan fingerprint density at radius 1 is 1.33 bits per heavy atom. The summed E-state index contributed by atoms with van der Waals surface area (Å²) < 4.78 is 0.810. The highest BCUT2D eigenvalue weighted by Gasteiger charge is 2.20. The second-order valence-corrected chi connectivity index (χ2v) is 8.11. The number of fused-ring (bicyclic) bond motifs is 1. The van der Waals surface area contributed by atoms with Gasteiger partial charge in [0.2, 0.25) is 5.91 Å². The number of para-hydroxylation sites is 1. The molecule has 0 radical (unpaired) electrons. The van der Waals surface area contributed by atoms with Crippen molar-refractivity contribution in [1.29, 1.82) is 0 Å². The summed E-state index contributed by atoms with van der Waals surface area (Å²) in [6.45, 7) is 2.20. The van der Waals surface area contributed by atoms with Crippen molar-refractivity contribution in [3.63, 3.8) is 0 Å². The van der Waals surface area contributed by atoms with E-state index in [1.807, 2.05) is 24.3 Å². The molecule has 0 spiro atoms. The zero-order valence-electron chi connectivity index (χ0n) is 13.4.